The number of hydrogen-bond acceptors (Lipinski definition) is 12. The lowest BCUT2D eigenvalue weighted by Gasteiger charge is -2.29. The molecule has 0 amide bonds. The number of aromatic nitrogens is 2. The molecule has 3 heterocycles. The van der Waals surface area contributed by atoms with Gasteiger partial charge in [0.05, 0.1) is 6.67 Å². The number of nitrogens with two attached hydrogens (primary N) is 1. The second-order valence-electron chi connectivity index (χ2n) is 6.28. The fourth-order valence-corrected chi connectivity index (χ4v) is 3.17. The largest absolute Gasteiger partial charge is 0.463 e. The molecule has 12 heteroatoms. The minimum Gasteiger partial charge on any atom is -0.463 e. The Bertz CT molecular complexity index is 789. The molecule has 1 fully saturated rings. The van der Waals surface area contributed by atoms with Crippen LogP contribution in [0, 0.1) is 0 Å². The number of nitrogens with one attached hydrogen (secondary N) is 1. The van der Waals surface area contributed by atoms with Crippen LogP contribution in [0.15, 0.2) is 6.33 Å². The fourth-order valence-electron chi connectivity index (χ4n) is 3.17. The maximum Gasteiger partial charge on any atom is 0.303 e. The van der Waals surface area contributed by atoms with Crippen LogP contribution in [-0.4, -0.2) is 65.7 Å². The van der Waals surface area contributed by atoms with Crippen LogP contribution in [0.1, 0.15) is 20.8 Å². The van der Waals surface area contributed by atoms with Gasteiger partial charge in [-0.2, -0.15) is 0 Å². The Morgan fingerprint density at radius 1 is 1.18 bits per heavy atom. The first-order valence-corrected chi connectivity index (χ1v) is 8.52. The Labute approximate surface area is 160 Å². The Kier molecular flexibility index (Phi) is 5.49. The fraction of sp³-hybridized carbons (Fsp3) is 0.562. The third-order valence-electron chi connectivity index (χ3n) is 4.20. The van der Waals surface area contributed by atoms with E-state index in [4.69, 9.17) is 24.7 Å². The zero-order chi connectivity index (χ0) is 20.4. The smallest absolute Gasteiger partial charge is 0.303 e. The molecule has 1 aromatic heterocycles. The molecule has 4 atom stereocenters. The van der Waals surface area contributed by atoms with Gasteiger partial charge in [0, 0.05) is 20.8 Å². The molecule has 3 rings (SSSR count). The monoisotopic (exact) mass is 395 g/mol. The second kappa shape index (κ2) is 7.84. The lowest BCUT2D eigenvalue weighted by molar-refractivity contribution is -0.165. The van der Waals surface area contributed by atoms with E-state index >= 15 is 0 Å². The number of fused-ring (bicyclic) bond motifs is 1. The van der Waals surface area contributed by atoms with Gasteiger partial charge in [0.15, 0.2) is 30.1 Å². The molecular weight excluding hydrogens is 374 g/mol. The minimum atomic E-state index is -0.981. The Morgan fingerprint density at radius 2 is 1.86 bits per heavy atom. The van der Waals surface area contributed by atoms with Gasteiger partial charge in [-0.1, -0.05) is 0 Å². The van der Waals surface area contributed by atoms with Crippen LogP contribution in [0.3, 0.4) is 0 Å². The molecule has 0 spiro atoms. The van der Waals surface area contributed by atoms with Gasteiger partial charge in [-0.15, -0.1) is 0 Å². The number of carbonyl (C=O) groups excluding carboxylic acids is 3. The van der Waals surface area contributed by atoms with E-state index in [9.17, 15) is 14.4 Å². The predicted octanol–water partition coefficient (Wildman–Crippen LogP) is -0.600. The van der Waals surface area contributed by atoms with Gasteiger partial charge in [0.1, 0.15) is 24.7 Å². The first-order valence-electron chi connectivity index (χ1n) is 8.52. The van der Waals surface area contributed by atoms with E-state index in [0.717, 1.165) is 0 Å². The minimum absolute atomic E-state index is 0.179. The van der Waals surface area contributed by atoms with Gasteiger partial charge < -0.3 is 34.9 Å². The number of nitrogen functional groups attached to an aromatic ring is 1. The Morgan fingerprint density at radius 3 is 2.50 bits per heavy atom. The number of rotatable bonds is 5. The van der Waals surface area contributed by atoms with Crippen molar-refractivity contribution in [1.29, 1.82) is 0 Å². The van der Waals surface area contributed by atoms with Crippen molar-refractivity contribution in [1.82, 2.24) is 9.97 Å². The van der Waals surface area contributed by atoms with E-state index in [2.05, 4.69) is 15.3 Å². The van der Waals surface area contributed by atoms with Gasteiger partial charge in [-0.3, -0.25) is 14.4 Å². The van der Waals surface area contributed by atoms with Crippen LogP contribution in [0.2, 0.25) is 0 Å². The summed E-state index contributed by atoms with van der Waals surface area (Å²) in [6.45, 7) is 3.77. The molecule has 2 aliphatic heterocycles. The summed E-state index contributed by atoms with van der Waals surface area (Å²) in [5.74, 6) is -0.998. The third-order valence-corrected chi connectivity index (χ3v) is 4.20. The van der Waals surface area contributed by atoms with Crippen LogP contribution in [0.25, 0.3) is 0 Å². The molecule has 0 aromatic carbocycles. The highest BCUT2D eigenvalue weighted by Gasteiger charge is 2.53. The van der Waals surface area contributed by atoms with Crippen LogP contribution >= 0.6 is 0 Å². The van der Waals surface area contributed by atoms with Crippen molar-refractivity contribution in [2.45, 2.75) is 45.3 Å². The molecule has 0 radical (unpaired) electrons. The van der Waals surface area contributed by atoms with E-state index in [1.165, 1.54) is 27.1 Å². The van der Waals surface area contributed by atoms with Gasteiger partial charge in [-0.25, -0.2) is 9.97 Å². The topological polar surface area (TPSA) is 155 Å². The van der Waals surface area contributed by atoms with E-state index in [0.29, 0.717) is 11.5 Å². The quantitative estimate of drug-likeness (QED) is 0.483. The molecule has 3 N–H and O–H groups in total. The number of nitrogens with zero attached hydrogens (tertiary/aromatic N) is 3. The molecule has 0 aliphatic carbocycles. The van der Waals surface area contributed by atoms with Gasteiger partial charge >= 0.3 is 17.9 Å². The van der Waals surface area contributed by atoms with Gasteiger partial charge in [0.25, 0.3) is 0 Å². The molecule has 0 bridgehead atoms. The summed E-state index contributed by atoms with van der Waals surface area (Å²) in [6, 6.07) is 0. The maximum absolute atomic E-state index is 11.7. The van der Waals surface area contributed by atoms with Crippen molar-refractivity contribution in [3.63, 3.8) is 0 Å². The van der Waals surface area contributed by atoms with Gasteiger partial charge in [0.2, 0.25) is 0 Å². The Hall–Kier alpha value is -3.15. The lowest BCUT2D eigenvalue weighted by Crippen LogP contribution is -2.47. The predicted molar refractivity (Wildman–Crippen MR) is 93.8 cm³/mol. The molecule has 4 unspecified atom stereocenters. The zero-order valence-corrected chi connectivity index (χ0v) is 15.6. The molecule has 0 saturated carbocycles. The summed E-state index contributed by atoms with van der Waals surface area (Å²) in [7, 11) is 0. The number of esters is 3. The van der Waals surface area contributed by atoms with E-state index in [1.807, 2.05) is 0 Å². The Balaban J connectivity index is 1.92. The SMILES string of the molecule is CC(=O)OCC1OC(N2CNc3c(N)ncnc32)C(OC(C)=O)C1OC(C)=O. The summed E-state index contributed by atoms with van der Waals surface area (Å²) in [5, 5.41) is 3.05. The summed E-state index contributed by atoms with van der Waals surface area (Å²) in [4.78, 5) is 44.3. The standard InChI is InChI=1S/C16H21N5O7/c1-7(22)25-4-10-12(26-8(2)23)13(27-9(3)24)16(28-10)21-6-20-11-14(17)18-5-19-15(11)21/h5,10,12-13,16,20H,4,6H2,1-3H3,(H2,17,18,19). The molecule has 1 saturated heterocycles. The number of anilines is 3. The first-order chi connectivity index (χ1) is 13.3. The average Bonchev–Trinajstić information content (AvgIpc) is 3.16. The first kappa shape index (κ1) is 19.6. The summed E-state index contributed by atoms with van der Waals surface area (Å²) < 4.78 is 21.7. The van der Waals surface area contributed by atoms with Crippen molar-refractivity contribution in [3.05, 3.63) is 6.33 Å². The third kappa shape index (κ3) is 3.91. The molecule has 28 heavy (non-hydrogen) atoms. The van der Waals surface area contributed by atoms with Crippen molar-refractivity contribution in [3.8, 4) is 0 Å². The normalized spacial score (nSPS) is 25.6. The lowest BCUT2D eigenvalue weighted by atomic mass is 10.1. The van der Waals surface area contributed by atoms with Crippen molar-refractivity contribution in [2.75, 3.05) is 29.2 Å². The van der Waals surface area contributed by atoms with E-state index in [-0.39, 0.29) is 19.1 Å². The van der Waals surface area contributed by atoms with Crippen LogP contribution in [0.4, 0.5) is 17.3 Å². The highest BCUT2D eigenvalue weighted by molar-refractivity contribution is 5.80. The second-order valence-corrected chi connectivity index (χ2v) is 6.28. The molecule has 2 aliphatic rings. The number of ether oxygens (including phenoxy) is 4. The molecule has 12 nitrogen and oxygen atoms in total. The van der Waals surface area contributed by atoms with E-state index in [1.54, 1.807) is 4.90 Å². The summed E-state index contributed by atoms with van der Waals surface area (Å²) >= 11 is 0. The maximum atomic E-state index is 11.7. The summed E-state index contributed by atoms with van der Waals surface area (Å²) in [6.07, 6.45) is -2.37. The summed E-state index contributed by atoms with van der Waals surface area (Å²) in [5.41, 5.74) is 6.37. The van der Waals surface area contributed by atoms with E-state index < -0.39 is 42.4 Å². The zero-order valence-electron chi connectivity index (χ0n) is 15.6. The molecule has 1 aromatic rings. The average molecular weight is 395 g/mol. The van der Waals surface area contributed by atoms with Crippen molar-refractivity contribution in [2.24, 2.45) is 0 Å². The molecule has 152 valence electrons. The number of carbonyl (C=O) groups is 3. The highest BCUT2D eigenvalue weighted by atomic mass is 16.7. The highest BCUT2D eigenvalue weighted by Crippen LogP contribution is 2.38. The van der Waals surface area contributed by atoms with Crippen molar-refractivity contribution >= 4 is 35.2 Å². The van der Waals surface area contributed by atoms with Crippen molar-refractivity contribution < 1.29 is 33.3 Å². The van der Waals surface area contributed by atoms with Crippen LogP contribution < -0.4 is 16.0 Å². The molecular formula is C16H21N5O7. The number of hydrogen-bond donors (Lipinski definition) is 2. The van der Waals surface area contributed by atoms with Crippen LogP contribution in [-0.2, 0) is 33.3 Å². The van der Waals surface area contributed by atoms with Crippen LogP contribution in [0.5, 0.6) is 0 Å². The van der Waals surface area contributed by atoms with Gasteiger partial charge in [-0.05, 0) is 0 Å².